The smallest absolute Gasteiger partial charge is 0.392 e. The van der Waals surface area contributed by atoms with Gasteiger partial charge < -0.3 is 5.11 Å². The van der Waals surface area contributed by atoms with Crippen LogP contribution in [0, 0.1) is 0 Å². The molecule has 0 bridgehead atoms. The van der Waals surface area contributed by atoms with Gasteiger partial charge in [-0.25, -0.2) is 4.98 Å². The van der Waals surface area contributed by atoms with Gasteiger partial charge in [0.25, 0.3) is 0 Å². The second-order valence-electron chi connectivity index (χ2n) is 3.91. The molecular weight excluding hydrogens is 311 g/mol. The van der Waals surface area contributed by atoms with Crippen molar-refractivity contribution >= 4 is 23.4 Å². The highest BCUT2D eigenvalue weighted by molar-refractivity contribution is 7.99. The molecular formula is C13H9ClF3NOS. The van der Waals surface area contributed by atoms with Crippen molar-refractivity contribution in [3.05, 3.63) is 52.7 Å². The first-order valence-electron chi connectivity index (χ1n) is 5.50. The molecule has 1 heterocycles. The van der Waals surface area contributed by atoms with E-state index in [1.165, 1.54) is 6.07 Å². The van der Waals surface area contributed by atoms with Crippen LogP contribution in [0.4, 0.5) is 13.2 Å². The molecule has 2 nitrogen and oxygen atoms in total. The molecule has 2 aromatic rings. The normalized spacial score (nSPS) is 11.7. The molecule has 1 aromatic carbocycles. The monoisotopic (exact) mass is 319 g/mol. The number of aliphatic hydroxyl groups excluding tert-OH is 1. The van der Waals surface area contributed by atoms with E-state index >= 15 is 0 Å². The van der Waals surface area contributed by atoms with E-state index in [0.29, 0.717) is 20.5 Å². The second-order valence-corrected chi connectivity index (χ2v) is 5.38. The van der Waals surface area contributed by atoms with Crippen LogP contribution < -0.4 is 0 Å². The zero-order valence-electron chi connectivity index (χ0n) is 9.99. The van der Waals surface area contributed by atoms with Crippen LogP contribution >= 0.6 is 23.4 Å². The number of hydrogen-bond donors (Lipinski definition) is 1. The quantitative estimate of drug-likeness (QED) is 0.910. The Kier molecular flexibility index (Phi) is 4.57. The van der Waals surface area contributed by atoms with Crippen molar-refractivity contribution in [2.45, 2.75) is 22.7 Å². The van der Waals surface area contributed by atoms with E-state index in [4.69, 9.17) is 16.7 Å². The molecule has 106 valence electrons. The van der Waals surface area contributed by atoms with Crippen molar-refractivity contribution < 1.29 is 18.3 Å². The summed E-state index contributed by atoms with van der Waals surface area (Å²) in [5.41, 5.74) is -0.122. The minimum atomic E-state index is -4.39. The van der Waals surface area contributed by atoms with Crippen LogP contribution in [0.3, 0.4) is 0 Å². The number of aromatic nitrogens is 1. The molecule has 0 fully saturated rings. The number of hydrogen-bond acceptors (Lipinski definition) is 3. The number of halogens is 4. The molecule has 0 amide bonds. The number of rotatable bonds is 3. The SMILES string of the molecule is OCc1ccc(Sc2ccc(C(F)(F)F)cn2)c(Cl)c1. The lowest BCUT2D eigenvalue weighted by atomic mass is 10.2. The maximum Gasteiger partial charge on any atom is 0.417 e. The molecule has 0 saturated heterocycles. The average Bonchev–Trinajstić information content (AvgIpc) is 2.40. The highest BCUT2D eigenvalue weighted by Gasteiger charge is 2.30. The molecule has 0 aliphatic heterocycles. The van der Waals surface area contributed by atoms with E-state index in [9.17, 15) is 13.2 Å². The Morgan fingerprint density at radius 3 is 2.45 bits per heavy atom. The molecule has 1 aromatic heterocycles. The van der Waals surface area contributed by atoms with Gasteiger partial charge in [0.15, 0.2) is 0 Å². The Morgan fingerprint density at radius 1 is 1.20 bits per heavy atom. The molecule has 20 heavy (non-hydrogen) atoms. The van der Waals surface area contributed by atoms with Crippen LogP contribution in [0.25, 0.3) is 0 Å². The van der Waals surface area contributed by atoms with Crippen LogP contribution in [-0.4, -0.2) is 10.1 Å². The van der Waals surface area contributed by atoms with Crippen LogP contribution in [0.5, 0.6) is 0 Å². The number of nitrogens with zero attached hydrogens (tertiary/aromatic N) is 1. The molecule has 0 radical (unpaired) electrons. The van der Waals surface area contributed by atoms with Crippen LogP contribution in [0.15, 0.2) is 46.5 Å². The molecule has 0 unspecified atom stereocenters. The van der Waals surface area contributed by atoms with Crippen molar-refractivity contribution in [2.24, 2.45) is 0 Å². The minimum absolute atomic E-state index is 0.122. The largest absolute Gasteiger partial charge is 0.417 e. The summed E-state index contributed by atoms with van der Waals surface area (Å²) in [6, 6.07) is 7.26. The van der Waals surface area contributed by atoms with E-state index in [1.807, 2.05) is 0 Å². The summed E-state index contributed by atoms with van der Waals surface area (Å²) in [4.78, 5) is 4.42. The lowest BCUT2D eigenvalue weighted by Crippen LogP contribution is -2.05. The van der Waals surface area contributed by atoms with Gasteiger partial charge in [0.1, 0.15) is 5.03 Å². The van der Waals surface area contributed by atoms with Gasteiger partial charge in [-0.2, -0.15) is 13.2 Å². The van der Waals surface area contributed by atoms with Gasteiger partial charge in [0.05, 0.1) is 17.2 Å². The van der Waals surface area contributed by atoms with E-state index in [1.54, 1.807) is 18.2 Å². The van der Waals surface area contributed by atoms with E-state index < -0.39 is 11.7 Å². The van der Waals surface area contributed by atoms with Crippen molar-refractivity contribution in [3.63, 3.8) is 0 Å². The number of alkyl halides is 3. The molecule has 7 heteroatoms. The summed E-state index contributed by atoms with van der Waals surface area (Å²) in [5.74, 6) is 0. The van der Waals surface area contributed by atoms with Gasteiger partial charge in [-0.3, -0.25) is 0 Å². The number of aliphatic hydroxyl groups is 1. The lowest BCUT2D eigenvalue weighted by molar-refractivity contribution is -0.137. The van der Waals surface area contributed by atoms with Gasteiger partial charge in [-0.1, -0.05) is 29.4 Å². The summed E-state index contributed by atoms with van der Waals surface area (Å²) in [6.45, 7) is -0.122. The van der Waals surface area contributed by atoms with E-state index in [-0.39, 0.29) is 6.61 Å². The third-order valence-corrected chi connectivity index (χ3v) is 3.91. The Bertz CT molecular complexity index is 602. The topological polar surface area (TPSA) is 33.1 Å². The molecule has 0 atom stereocenters. The molecule has 0 saturated carbocycles. The van der Waals surface area contributed by atoms with E-state index in [0.717, 1.165) is 24.0 Å². The fourth-order valence-electron chi connectivity index (χ4n) is 1.45. The first-order valence-corrected chi connectivity index (χ1v) is 6.70. The Morgan fingerprint density at radius 2 is 1.95 bits per heavy atom. The average molecular weight is 320 g/mol. The Labute approximate surface area is 122 Å². The Hall–Kier alpha value is -1.24. The fourth-order valence-corrected chi connectivity index (χ4v) is 2.52. The molecule has 0 aliphatic rings. The zero-order chi connectivity index (χ0) is 14.8. The predicted molar refractivity (Wildman–Crippen MR) is 70.7 cm³/mol. The molecule has 1 N–H and O–H groups in total. The highest BCUT2D eigenvalue weighted by atomic mass is 35.5. The van der Waals surface area contributed by atoms with Gasteiger partial charge in [0, 0.05) is 11.1 Å². The van der Waals surface area contributed by atoms with Crippen molar-refractivity contribution in [3.8, 4) is 0 Å². The van der Waals surface area contributed by atoms with Gasteiger partial charge in [-0.15, -0.1) is 0 Å². The lowest BCUT2D eigenvalue weighted by Gasteiger charge is -2.08. The number of pyridine rings is 1. The standard InChI is InChI=1S/C13H9ClF3NOS/c14-10-5-8(7-19)1-3-11(10)20-12-4-2-9(6-18-12)13(15,16)17/h1-6,19H,7H2. The highest BCUT2D eigenvalue weighted by Crippen LogP contribution is 2.34. The summed E-state index contributed by atoms with van der Waals surface area (Å²) in [7, 11) is 0. The van der Waals surface area contributed by atoms with Crippen LogP contribution in [-0.2, 0) is 12.8 Å². The first-order chi connectivity index (χ1) is 9.40. The van der Waals surface area contributed by atoms with Crippen molar-refractivity contribution in [1.29, 1.82) is 0 Å². The van der Waals surface area contributed by atoms with Crippen LogP contribution in [0.1, 0.15) is 11.1 Å². The third kappa shape index (κ3) is 3.65. The van der Waals surface area contributed by atoms with Gasteiger partial charge in [-0.05, 0) is 29.8 Å². The van der Waals surface area contributed by atoms with Gasteiger partial charge in [0.2, 0.25) is 0 Å². The Balaban J connectivity index is 2.18. The van der Waals surface area contributed by atoms with Gasteiger partial charge >= 0.3 is 6.18 Å². The first kappa shape index (κ1) is 15.2. The zero-order valence-corrected chi connectivity index (χ0v) is 11.6. The van der Waals surface area contributed by atoms with Crippen molar-refractivity contribution in [2.75, 3.05) is 0 Å². The maximum absolute atomic E-state index is 12.4. The summed E-state index contributed by atoms with van der Waals surface area (Å²) >= 11 is 7.18. The predicted octanol–water partition coefficient (Wildman–Crippen LogP) is 4.40. The summed E-state index contributed by atoms with van der Waals surface area (Å²) in [5, 5.41) is 9.80. The third-order valence-electron chi connectivity index (χ3n) is 2.46. The van der Waals surface area contributed by atoms with Crippen molar-refractivity contribution in [1.82, 2.24) is 4.98 Å². The van der Waals surface area contributed by atoms with E-state index in [2.05, 4.69) is 4.98 Å². The minimum Gasteiger partial charge on any atom is -0.392 e. The summed E-state index contributed by atoms with van der Waals surface area (Å²) in [6.07, 6.45) is -3.60. The molecule has 2 rings (SSSR count). The number of benzene rings is 1. The second kappa shape index (κ2) is 6.03. The maximum atomic E-state index is 12.4. The molecule has 0 spiro atoms. The fraction of sp³-hybridized carbons (Fsp3) is 0.154. The van der Waals surface area contributed by atoms with Crippen LogP contribution in [0.2, 0.25) is 5.02 Å². The summed E-state index contributed by atoms with van der Waals surface area (Å²) < 4.78 is 37.2. The molecule has 0 aliphatic carbocycles.